The van der Waals surface area contributed by atoms with Gasteiger partial charge in [0.2, 0.25) is 5.91 Å². The van der Waals surface area contributed by atoms with Crippen molar-refractivity contribution in [3.63, 3.8) is 0 Å². The number of methoxy groups -OCH3 is 1. The number of carbonyl (C=O) groups is 1. The SMILES string of the molecule is COc1cccc(CC(=O)Nc2ccc(N)cc2C)c1. The van der Waals surface area contributed by atoms with Crippen molar-refractivity contribution in [2.75, 3.05) is 18.2 Å². The number of ether oxygens (including phenoxy) is 1. The van der Waals surface area contributed by atoms with Crippen molar-refractivity contribution in [1.82, 2.24) is 0 Å². The number of hydrogen-bond donors (Lipinski definition) is 2. The third kappa shape index (κ3) is 3.51. The van der Waals surface area contributed by atoms with E-state index < -0.39 is 0 Å². The Bertz CT molecular complexity index is 624. The van der Waals surface area contributed by atoms with Crippen LogP contribution >= 0.6 is 0 Å². The number of benzene rings is 2. The Morgan fingerprint density at radius 3 is 2.75 bits per heavy atom. The monoisotopic (exact) mass is 270 g/mol. The molecule has 0 saturated carbocycles. The first-order chi connectivity index (χ1) is 9.58. The van der Waals surface area contributed by atoms with E-state index in [1.807, 2.05) is 43.3 Å². The lowest BCUT2D eigenvalue weighted by molar-refractivity contribution is -0.115. The fourth-order valence-electron chi connectivity index (χ4n) is 1.99. The second-order valence-corrected chi connectivity index (χ2v) is 4.65. The molecule has 0 radical (unpaired) electrons. The number of hydrogen-bond acceptors (Lipinski definition) is 3. The average Bonchev–Trinajstić information content (AvgIpc) is 2.42. The van der Waals surface area contributed by atoms with Gasteiger partial charge in [0.15, 0.2) is 0 Å². The summed E-state index contributed by atoms with van der Waals surface area (Å²) in [5.41, 5.74) is 9.02. The summed E-state index contributed by atoms with van der Waals surface area (Å²) in [6.45, 7) is 1.91. The number of aryl methyl sites for hydroxylation is 1. The Morgan fingerprint density at radius 2 is 2.05 bits per heavy atom. The highest BCUT2D eigenvalue weighted by molar-refractivity contribution is 5.93. The lowest BCUT2D eigenvalue weighted by Gasteiger charge is -2.09. The summed E-state index contributed by atoms with van der Waals surface area (Å²) in [6, 6.07) is 12.9. The van der Waals surface area contributed by atoms with Gasteiger partial charge < -0.3 is 15.8 Å². The normalized spacial score (nSPS) is 10.1. The molecule has 0 unspecified atom stereocenters. The van der Waals surface area contributed by atoms with Gasteiger partial charge in [-0.1, -0.05) is 12.1 Å². The molecular formula is C16H18N2O2. The predicted octanol–water partition coefficient (Wildman–Crippen LogP) is 2.77. The molecule has 0 aliphatic carbocycles. The summed E-state index contributed by atoms with van der Waals surface area (Å²) >= 11 is 0. The molecule has 2 rings (SSSR count). The molecule has 0 heterocycles. The van der Waals surface area contributed by atoms with Crippen LogP contribution in [-0.4, -0.2) is 13.0 Å². The van der Waals surface area contributed by atoms with Crippen molar-refractivity contribution in [2.45, 2.75) is 13.3 Å². The second-order valence-electron chi connectivity index (χ2n) is 4.65. The smallest absolute Gasteiger partial charge is 0.228 e. The van der Waals surface area contributed by atoms with Gasteiger partial charge in [-0.15, -0.1) is 0 Å². The molecule has 0 saturated heterocycles. The van der Waals surface area contributed by atoms with Crippen molar-refractivity contribution in [1.29, 1.82) is 0 Å². The number of nitrogens with two attached hydrogens (primary N) is 1. The molecule has 0 aliphatic heterocycles. The number of rotatable bonds is 4. The number of amides is 1. The van der Waals surface area contributed by atoms with Crippen LogP contribution in [0.1, 0.15) is 11.1 Å². The highest BCUT2D eigenvalue weighted by atomic mass is 16.5. The van der Waals surface area contributed by atoms with E-state index in [1.54, 1.807) is 13.2 Å². The van der Waals surface area contributed by atoms with Crippen molar-refractivity contribution in [3.05, 3.63) is 53.6 Å². The van der Waals surface area contributed by atoms with E-state index in [9.17, 15) is 4.79 Å². The van der Waals surface area contributed by atoms with E-state index in [0.717, 1.165) is 22.6 Å². The van der Waals surface area contributed by atoms with Crippen molar-refractivity contribution >= 4 is 17.3 Å². The maximum Gasteiger partial charge on any atom is 0.228 e. The first-order valence-corrected chi connectivity index (χ1v) is 6.37. The summed E-state index contributed by atoms with van der Waals surface area (Å²) in [7, 11) is 1.61. The molecule has 20 heavy (non-hydrogen) atoms. The zero-order valence-electron chi connectivity index (χ0n) is 11.6. The quantitative estimate of drug-likeness (QED) is 0.840. The van der Waals surface area contributed by atoms with Crippen molar-refractivity contribution in [2.24, 2.45) is 0 Å². The minimum atomic E-state index is -0.0638. The minimum Gasteiger partial charge on any atom is -0.497 e. The maximum atomic E-state index is 12.0. The maximum absolute atomic E-state index is 12.0. The summed E-state index contributed by atoms with van der Waals surface area (Å²) in [6.07, 6.45) is 0.307. The highest BCUT2D eigenvalue weighted by Gasteiger charge is 2.07. The molecule has 4 nitrogen and oxygen atoms in total. The molecule has 3 N–H and O–H groups in total. The van der Waals surface area contributed by atoms with E-state index in [0.29, 0.717) is 12.1 Å². The van der Waals surface area contributed by atoms with Gasteiger partial charge in [0.05, 0.1) is 13.5 Å². The molecule has 2 aromatic carbocycles. The Balaban J connectivity index is 2.05. The van der Waals surface area contributed by atoms with Gasteiger partial charge in [-0.2, -0.15) is 0 Å². The molecule has 0 fully saturated rings. The molecule has 0 spiro atoms. The van der Waals surface area contributed by atoms with Crippen LogP contribution in [0.15, 0.2) is 42.5 Å². The number of nitrogen functional groups attached to an aromatic ring is 1. The standard InChI is InChI=1S/C16H18N2O2/c1-11-8-13(17)6-7-15(11)18-16(19)10-12-4-3-5-14(9-12)20-2/h3-9H,10,17H2,1-2H3,(H,18,19). The fourth-order valence-corrected chi connectivity index (χ4v) is 1.99. The zero-order valence-corrected chi connectivity index (χ0v) is 11.6. The topological polar surface area (TPSA) is 64.3 Å². The summed E-state index contributed by atoms with van der Waals surface area (Å²) in [4.78, 5) is 12.0. The molecular weight excluding hydrogens is 252 g/mol. The van der Waals surface area contributed by atoms with Crippen molar-refractivity contribution < 1.29 is 9.53 Å². The molecule has 0 aliphatic rings. The molecule has 1 amide bonds. The molecule has 0 atom stereocenters. The number of carbonyl (C=O) groups excluding carboxylic acids is 1. The van der Waals surface area contributed by atoms with Crippen LogP contribution < -0.4 is 15.8 Å². The van der Waals surface area contributed by atoms with Crippen LogP contribution in [0.4, 0.5) is 11.4 Å². The largest absolute Gasteiger partial charge is 0.497 e. The Morgan fingerprint density at radius 1 is 1.25 bits per heavy atom. The first-order valence-electron chi connectivity index (χ1n) is 6.37. The van der Waals surface area contributed by atoms with Crippen LogP contribution in [0.25, 0.3) is 0 Å². The summed E-state index contributed by atoms with van der Waals surface area (Å²) in [5.74, 6) is 0.685. The van der Waals surface area contributed by atoms with E-state index in [-0.39, 0.29) is 5.91 Å². The molecule has 104 valence electrons. The van der Waals surface area contributed by atoms with Gasteiger partial charge in [-0.3, -0.25) is 4.79 Å². The highest BCUT2D eigenvalue weighted by Crippen LogP contribution is 2.18. The van der Waals surface area contributed by atoms with Crippen molar-refractivity contribution in [3.8, 4) is 5.75 Å². The van der Waals surface area contributed by atoms with E-state index >= 15 is 0 Å². The van der Waals surface area contributed by atoms with E-state index in [1.165, 1.54) is 0 Å². The van der Waals surface area contributed by atoms with Crippen LogP contribution in [0.3, 0.4) is 0 Å². The molecule has 0 aromatic heterocycles. The Kier molecular flexibility index (Phi) is 4.25. The van der Waals surface area contributed by atoms with Gasteiger partial charge in [-0.05, 0) is 48.4 Å². The molecule has 2 aromatic rings. The number of nitrogens with one attached hydrogen (secondary N) is 1. The van der Waals surface area contributed by atoms with Gasteiger partial charge in [-0.25, -0.2) is 0 Å². The van der Waals surface area contributed by atoms with E-state index in [4.69, 9.17) is 10.5 Å². The summed E-state index contributed by atoms with van der Waals surface area (Å²) in [5, 5.41) is 2.89. The predicted molar refractivity (Wildman–Crippen MR) is 80.9 cm³/mol. The first kappa shape index (κ1) is 13.9. The number of anilines is 2. The van der Waals surface area contributed by atoms with Gasteiger partial charge >= 0.3 is 0 Å². The van der Waals surface area contributed by atoms with Crippen LogP contribution in [-0.2, 0) is 11.2 Å². The van der Waals surface area contributed by atoms with Gasteiger partial charge in [0.25, 0.3) is 0 Å². The molecule has 0 bridgehead atoms. The second kappa shape index (κ2) is 6.10. The lowest BCUT2D eigenvalue weighted by atomic mass is 10.1. The van der Waals surface area contributed by atoms with Gasteiger partial charge in [0, 0.05) is 11.4 Å². The van der Waals surface area contributed by atoms with Crippen LogP contribution in [0, 0.1) is 6.92 Å². The fraction of sp³-hybridized carbons (Fsp3) is 0.188. The average molecular weight is 270 g/mol. The Labute approximate surface area is 118 Å². The molecule has 4 heteroatoms. The Hall–Kier alpha value is -2.49. The van der Waals surface area contributed by atoms with E-state index in [2.05, 4.69) is 5.32 Å². The summed E-state index contributed by atoms with van der Waals surface area (Å²) < 4.78 is 5.14. The van der Waals surface area contributed by atoms with Gasteiger partial charge in [0.1, 0.15) is 5.75 Å². The van der Waals surface area contributed by atoms with Crippen LogP contribution in [0.2, 0.25) is 0 Å². The van der Waals surface area contributed by atoms with Crippen LogP contribution in [0.5, 0.6) is 5.75 Å². The lowest BCUT2D eigenvalue weighted by Crippen LogP contribution is -2.15. The third-order valence-electron chi connectivity index (χ3n) is 3.02. The third-order valence-corrected chi connectivity index (χ3v) is 3.02. The zero-order chi connectivity index (χ0) is 14.5. The minimum absolute atomic E-state index is 0.0638.